The van der Waals surface area contributed by atoms with Crippen molar-refractivity contribution in [3.8, 4) is 0 Å². The molecule has 1 aromatic heterocycles. The fourth-order valence-electron chi connectivity index (χ4n) is 1.16. The van der Waals surface area contributed by atoms with Gasteiger partial charge in [0.05, 0.1) is 19.3 Å². The van der Waals surface area contributed by atoms with Crippen molar-refractivity contribution in [1.29, 1.82) is 0 Å². The first-order chi connectivity index (χ1) is 7.63. The Kier molecular flexibility index (Phi) is 4.72. The number of aryl methyl sites for hydroxylation is 1. The van der Waals surface area contributed by atoms with Gasteiger partial charge in [0.2, 0.25) is 0 Å². The quantitative estimate of drug-likeness (QED) is 0.462. The van der Waals surface area contributed by atoms with Crippen LogP contribution in [0.3, 0.4) is 0 Å². The average Bonchev–Trinajstić information content (AvgIpc) is 2.69. The van der Waals surface area contributed by atoms with Gasteiger partial charge in [0, 0.05) is 18.2 Å². The van der Waals surface area contributed by atoms with E-state index in [1.165, 1.54) is 7.11 Å². The van der Waals surface area contributed by atoms with Crippen LogP contribution in [0.15, 0.2) is 22.2 Å². The van der Waals surface area contributed by atoms with Crippen LogP contribution in [0.5, 0.6) is 0 Å². The fourth-order valence-corrected chi connectivity index (χ4v) is 1.16. The van der Waals surface area contributed by atoms with E-state index in [1.807, 2.05) is 13.0 Å². The Hall–Kier alpha value is -1.62. The summed E-state index contributed by atoms with van der Waals surface area (Å²) in [5.41, 5.74) is 1.45. The molecule has 0 aromatic carbocycles. The number of carbonyl (C=O) groups excluding carboxylic acids is 1. The van der Waals surface area contributed by atoms with E-state index in [2.05, 4.69) is 15.2 Å². The Morgan fingerprint density at radius 3 is 3.00 bits per heavy atom. The number of aromatic nitrogens is 1. The molecule has 0 saturated heterocycles. The van der Waals surface area contributed by atoms with Crippen LogP contribution in [0.2, 0.25) is 0 Å². The molecule has 5 heteroatoms. The van der Waals surface area contributed by atoms with E-state index in [9.17, 15) is 4.79 Å². The first-order valence-electron chi connectivity index (χ1n) is 5.01. The van der Waals surface area contributed by atoms with E-state index in [1.54, 1.807) is 13.0 Å². The molecule has 0 saturated carbocycles. The van der Waals surface area contributed by atoms with Gasteiger partial charge in [-0.25, -0.2) is 4.79 Å². The van der Waals surface area contributed by atoms with E-state index >= 15 is 0 Å². The van der Waals surface area contributed by atoms with Crippen LogP contribution in [0, 0.1) is 6.92 Å². The van der Waals surface area contributed by atoms with Crippen LogP contribution in [0.4, 0.5) is 0 Å². The number of carbonyl (C=O) groups is 1. The second kappa shape index (κ2) is 6.07. The second-order valence-electron chi connectivity index (χ2n) is 3.44. The van der Waals surface area contributed by atoms with Crippen molar-refractivity contribution in [2.45, 2.75) is 20.4 Å². The van der Waals surface area contributed by atoms with E-state index in [0.29, 0.717) is 18.7 Å². The molecule has 0 atom stereocenters. The highest BCUT2D eigenvalue weighted by molar-refractivity contribution is 5.87. The van der Waals surface area contributed by atoms with Gasteiger partial charge in [-0.15, -0.1) is 0 Å². The van der Waals surface area contributed by atoms with Crippen molar-refractivity contribution in [2.24, 2.45) is 0 Å². The second-order valence-corrected chi connectivity index (χ2v) is 3.44. The molecule has 0 spiro atoms. The molecular formula is C11H16N2O3. The zero-order valence-electron chi connectivity index (χ0n) is 9.74. The topological polar surface area (TPSA) is 64.4 Å². The number of hydrogen-bond acceptors (Lipinski definition) is 5. The molecule has 1 rings (SSSR count). The van der Waals surface area contributed by atoms with Crippen LogP contribution in [-0.2, 0) is 16.1 Å². The van der Waals surface area contributed by atoms with Gasteiger partial charge in [-0.3, -0.25) is 0 Å². The van der Waals surface area contributed by atoms with Crippen LogP contribution in [0.1, 0.15) is 18.4 Å². The fraction of sp³-hybridized carbons (Fsp3) is 0.455. The van der Waals surface area contributed by atoms with Crippen molar-refractivity contribution in [1.82, 2.24) is 10.5 Å². The van der Waals surface area contributed by atoms with Gasteiger partial charge in [-0.05, 0) is 13.8 Å². The van der Waals surface area contributed by atoms with Gasteiger partial charge >= 0.3 is 5.97 Å². The summed E-state index contributed by atoms with van der Waals surface area (Å²) in [5.74, 6) is 0.471. The molecule has 0 aliphatic rings. The van der Waals surface area contributed by atoms with Gasteiger partial charge in [0.25, 0.3) is 0 Å². The number of hydrogen-bond donors (Lipinski definition) is 1. The predicted molar refractivity (Wildman–Crippen MR) is 58.7 cm³/mol. The first-order valence-corrected chi connectivity index (χ1v) is 5.01. The zero-order valence-corrected chi connectivity index (χ0v) is 9.74. The lowest BCUT2D eigenvalue weighted by Crippen LogP contribution is -2.14. The summed E-state index contributed by atoms with van der Waals surface area (Å²) in [6, 6.07) is 1.86. The molecule has 1 aromatic rings. The minimum atomic E-state index is -0.308. The van der Waals surface area contributed by atoms with Crippen LogP contribution in [0.25, 0.3) is 0 Å². The molecule has 1 N–H and O–H groups in total. The van der Waals surface area contributed by atoms with Crippen molar-refractivity contribution in [3.63, 3.8) is 0 Å². The normalized spacial score (nSPS) is 11.6. The van der Waals surface area contributed by atoms with E-state index < -0.39 is 0 Å². The minimum Gasteiger partial charge on any atom is -0.466 e. The lowest BCUT2D eigenvalue weighted by Gasteiger charge is -2.00. The zero-order chi connectivity index (χ0) is 12.0. The Labute approximate surface area is 94.5 Å². The molecule has 0 aliphatic carbocycles. The maximum atomic E-state index is 11.0. The van der Waals surface area contributed by atoms with Crippen molar-refractivity contribution in [2.75, 3.05) is 13.7 Å². The van der Waals surface area contributed by atoms with Gasteiger partial charge in [-0.2, -0.15) is 0 Å². The van der Waals surface area contributed by atoms with Crippen molar-refractivity contribution >= 4 is 5.97 Å². The predicted octanol–water partition coefficient (Wildman–Crippen LogP) is 1.19. The van der Waals surface area contributed by atoms with E-state index in [-0.39, 0.29) is 5.97 Å². The number of nitrogens with one attached hydrogen (secondary N) is 1. The Balaban J connectivity index is 2.28. The lowest BCUT2D eigenvalue weighted by molar-refractivity contribution is -0.136. The number of methoxy groups -OCH3 is 1. The molecule has 0 bridgehead atoms. The summed E-state index contributed by atoms with van der Waals surface area (Å²) in [6.45, 7) is 4.76. The molecule has 5 nitrogen and oxygen atoms in total. The largest absolute Gasteiger partial charge is 0.466 e. The summed E-state index contributed by atoms with van der Waals surface area (Å²) in [7, 11) is 1.37. The SMILES string of the molecule is COC(=O)C(C)=CCNCc1cc(C)no1. The highest BCUT2D eigenvalue weighted by atomic mass is 16.5. The molecule has 0 amide bonds. The van der Waals surface area contributed by atoms with Gasteiger partial charge < -0.3 is 14.6 Å². The first kappa shape index (κ1) is 12.4. The molecule has 0 aliphatic heterocycles. The maximum Gasteiger partial charge on any atom is 0.333 e. The van der Waals surface area contributed by atoms with Gasteiger partial charge in [-0.1, -0.05) is 11.2 Å². The van der Waals surface area contributed by atoms with Gasteiger partial charge in [0.15, 0.2) is 5.76 Å². The maximum absolute atomic E-state index is 11.0. The smallest absolute Gasteiger partial charge is 0.333 e. The standard InChI is InChI=1S/C11H16N2O3/c1-8(11(14)15-3)4-5-12-7-10-6-9(2)13-16-10/h4,6,12H,5,7H2,1-3H3. The summed E-state index contributed by atoms with van der Waals surface area (Å²) >= 11 is 0. The Bertz CT molecular complexity index is 382. The van der Waals surface area contributed by atoms with Crippen LogP contribution < -0.4 is 5.32 Å². The number of nitrogens with zero attached hydrogens (tertiary/aromatic N) is 1. The van der Waals surface area contributed by atoms with Crippen molar-refractivity contribution in [3.05, 3.63) is 29.2 Å². The Morgan fingerprint density at radius 2 is 2.44 bits per heavy atom. The van der Waals surface area contributed by atoms with Crippen LogP contribution >= 0.6 is 0 Å². The number of rotatable bonds is 5. The molecule has 0 radical (unpaired) electrons. The van der Waals surface area contributed by atoms with E-state index in [0.717, 1.165) is 11.5 Å². The average molecular weight is 224 g/mol. The molecule has 0 unspecified atom stereocenters. The molecule has 0 fully saturated rings. The summed E-state index contributed by atoms with van der Waals surface area (Å²) in [6.07, 6.45) is 1.77. The van der Waals surface area contributed by atoms with Crippen LogP contribution in [-0.4, -0.2) is 24.8 Å². The monoisotopic (exact) mass is 224 g/mol. The molecule has 1 heterocycles. The van der Waals surface area contributed by atoms with Crippen molar-refractivity contribution < 1.29 is 14.1 Å². The number of ether oxygens (including phenoxy) is 1. The lowest BCUT2D eigenvalue weighted by atomic mass is 10.3. The molecule has 88 valence electrons. The third-order valence-corrected chi connectivity index (χ3v) is 2.04. The Morgan fingerprint density at radius 1 is 1.69 bits per heavy atom. The third-order valence-electron chi connectivity index (χ3n) is 2.04. The third kappa shape index (κ3) is 3.86. The highest BCUT2D eigenvalue weighted by Gasteiger charge is 2.02. The van der Waals surface area contributed by atoms with E-state index in [4.69, 9.17) is 4.52 Å². The summed E-state index contributed by atoms with van der Waals surface area (Å²) < 4.78 is 9.58. The van der Waals surface area contributed by atoms with Gasteiger partial charge in [0.1, 0.15) is 0 Å². The highest BCUT2D eigenvalue weighted by Crippen LogP contribution is 2.01. The molecular weight excluding hydrogens is 208 g/mol. The summed E-state index contributed by atoms with van der Waals surface area (Å²) in [4.78, 5) is 11.0. The molecule has 16 heavy (non-hydrogen) atoms. The minimum absolute atomic E-state index is 0.308. The summed E-state index contributed by atoms with van der Waals surface area (Å²) in [5, 5.41) is 6.87. The number of esters is 1.